The van der Waals surface area contributed by atoms with E-state index in [-0.39, 0.29) is 12.1 Å². The van der Waals surface area contributed by atoms with Crippen LogP contribution in [0.15, 0.2) is 4.99 Å². The second-order valence-corrected chi connectivity index (χ2v) is 2.73. The number of hydrogen-bond acceptors (Lipinski definition) is 4. The van der Waals surface area contributed by atoms with Crippen molar-refractivity contribution in [3.05, 3.63) is 0 Å². The van der Waals surface area contributed by atoms with Crippen molar-refractivity contribution >= 4 is 5.90 Å². The molecule has 2 aliphatic heterocycles. The lowest BCUT2D eigenvalue weighted by molar-refractivity contribution is -0.0416. The topological polar surface area (TPSA) is 40.0 Å². The van der Waals surface area contributed by atoms with Gasteiger partial charge in [-0.15, -0.1) is 0 Å². The molecule has 2 atom stereocenters. The van der Waals surface area contributed by atoms with Crippen LogP contribution in [0.3, 0.4) is 0 Å². The van der Waals surface area contributed by atoms with Crippen molar-refractivity contribution in [2.75, 3.05) is 20.0 Å². The zero-order valence-electron chi connectivity index (χ0n) is 6.45. The summed E-state index contributed by atoms with van der Waals surface area (Å²) < 4.78 is 15.7. The highest BCUT2D eigenvalue weighted by Crippen LogP contribution is 2.16. The third-order valence-corrected chi connectivity index (χ3v) is 1.84. The number of aliphatic imine (C=N–C) groups is 1. The Morgan fingerprint density at radius 3 is 3.09 bits per heavy atom. The summed E-state index contributed by atoms with van der Waals surface area (Å²) in [7, 11) is 0. The predicted molar refractivity (Wildman–Crippen MR) is 38.5 cm³/mol. The maximum atomic E-state index is 5.39. The molecule has 0 amide bonds. The summed E-state index contributed by atoms with van der Waals surface area (Å²) >= 11 is 0. The van der Waals surface area contributed by atoms with Gasteiger partial charge in [-0.3, -0.25) is 0 Å². The van der Waals surface area contributed by atoms with Gasteiger partial charge in [-0.2, -0.15) is 0 Å². The molecule has 0 unspecified atom stereocenters. The number of fused-ring (bicyclic) bond motifs is 1. The van der Waals surface area contributed by atoms with Crippen LogP contribution in [0.4, 0.5) is 0 Å². The van der Waals surface area contributed by atoms with E-state index in [1.807, 2.05) is 6.92 Å². The summed E-state index contributed by atoms with van der Waals surface area (Å²) in [5, 5.41) is 0. The Hall–Kier alpha value is -0.610. The van der Waals surface area contributed by atoms with Crippen LogP contribution >= 0.6 is 0 Å². The largest absolute Gasteiger partial charge is 0.473 e. The molecular weight excluding hydrogens is 146 g/mol. The lowest BCUT2D eigenvalue weighted by Gasteiger charge is -2.11. The Morgan fingerprint density at radius 2 is 2.18 bits per heavy atom. The minimum absolute atomic E-state index is 0.0810. The lowest BCUT2D eigenvalue weighted by Crippen LogP contribution is -2.27. The highest BCUT2D eigenvalue weighted by atomic mass is 16.7. The molecule has 2 aliphatic rings. The Bertz CT molecular complexity index is 181. The molecule has 0 spiro atoms. The van der Waals surface area contributed by atoms with Crippen LogP contribution in [0.1, 0.15) is 6.92 Å². The fraction of sp³-hybridized carbons (Fsp3) is 0.857. The monoisotopic (exact) mass is 157 g/mol. The van der Waals surface area contributed by atoms with Crippen molar-refractivity contribution in [1.29, 1.82) is 0 Å². The van der Waals surface area contributed by atoms with Crippen LogP contribution < -0.4 is 0 Å². The van der Waals surface area contributed by atoms with E-state index < -0.39 is 0 Å². The molecule has 0 aromatic rings. The molecule has 4 heteroatoms. The molecule has 0 bridgehead atoms. The first-order valence-electron chi connectivity index (χ1n) is 3.73. The Kier molecular flexibility index (Phi) is 1.79. The summed E-state index contributed by atoms with van der Waals surface area (Å²) in [6, 6.07) is 0.150. The van der Waals surface area contributed by atoms with E-state index in [1.165, 1.54) is 0 Å². The number of hydrogen-bond donors (Lipinski definition) is 0. The van der Waals surface area contributed by atoms with Crippen LogP contribution in [0.5, 0.6) is 0 Å². The summed E-state index contributed by atoms with van der Waals surface area (Å²) in [6.07, 6.45) is 0.0810. The Balaban J connectivity index is 2.04. The zero-order valence-corrected chi connectivity index (χ0v) is 6.45. The second kappa shape index (κ2) is 2.79. The molecule has 2 rings (SSSR count). The number of nitrogens with zero attached hydrogens (tertiary/aromatic N) is 1. The van der Waals surface area contributed by atoms with Gasteiger partial charge in [0, 0.05) is 6.92 Å². The van der Waals surface area contributed by atoms with E-state index in [1.54, 1.807) is 0 Å². The van der Waals surface area contributed by atoms with Gasteiger partial charge in [0.05, 0.1) is 13.2 Å². The van der Waals surface area contributed by atoms with Crippen LogP contribution in [0, 0.1) is 0 Å². The van der Waals surface area contributed by atoms with Gasteiger partial charge in [-0.1, -0.05) is 0 Å². The van der Waals surface area contributed by atoms with Crippen molar-refractivity contribution in [3.8, 4) is 0 Å². The lowest BCUT2D eigenvalue weighted by atomic mass is 10.2. The minimum atomic E-state index is 0.0810. The van der Waals surface area contributed by atoms with E-state index in [0.29, 0.717) is 20.0 Å². The van der Waals surface area contributed by atoms with E-state index in [0.717, 1.165) is 5.90 Å². The van der Waals surface area contributed by atoms with Gasteiger partial charge >= 0.3 is 0 Å². The first-order chi connectivity index (χ1) is 5.36. The predicted octanol–water partition coefficient (Wildman–Crippen LogP) is 0.176. The summed E-state index contributed by atoms with van der Waals surface area (Å²) in [6.45, 7) is 3.42. The Labute approximate surface area is 65.2 Å². The highest BCUT2D eigenvalue weighted by molar-refractivity contribution is 5.75. The van der Waals surface area contributed by atoms with Gasteiger partial charge in [-0.25, -0.2) is 4.99 Å². The third-order valence-electron chi connectivity index (χ3n) is 1.84. The fourth-order valence-corrected chi connectivity index (χ4v) is 1.33. The van der Waals surface area contributed by atoms with Gasteiger partial charge in [0.15, 0.2) is 5.90 Å². The summed E-state index contributed by atoms with van der Waals surface area (Å²) in [4.78, 5) is 4.26. The fourth-order valence-electron chi connectivity index (χ4n) is 1.33. The average Bonchev–Trinajstić information content (AvgIpc) is 2.17. The molecule has 0 saturated carbocycles. The molecule has 4 nitrogen and oxygen atoms in total. The van der Waals surface area contributed by atoms with E-state index >= 15 is 0 Å². The molecular formula is C7H11NO3. The van der Waals surface area contributed by atoms with Gasteiger partial charge in [0.1, 0.15) is 18.9 Å². The standard InChI is InChI=1S/C7H11NO3/c1-5-8-6-2-9-4-10-3-7(6)11-5/h6-7H,2-4H2,1H3/t6-,7+/m1/s1. The maximum Gasteiger partial charge on any atom is 0.181 e. The smallest absolute Gasteiger partial charge is 0.181 e. The quantitative estimate of drug-likeness (QED) is 0.503. The van der Waals surface area contributed by atoms with Gasteiger partial charge in [0.25, 0.3) is 0 Å². The van der Waals surface area contributed by atoms with Gasteiger partial charge in [0.2, 0.25) is 0 Å². The van der Waals surface area contributed by atoms with Crippen LogP contribution in [-0.4, -0.2) is 38.1 Å². The van der Waals surface area contributed by atoms with Crippen molar-refractivity contribution in [2.24, 2.45) is 4.99 Å². The van der Waals surface area contributed by atoms with Crippen LogP contribution in [0.2, 0.25) is 0 Å². The van der Waals surface area contributed by atoms with Crippen molar-refractivity contribution < 1.29 is 14.2 Å². The molecule has 0 aromatic carbocycles. The molecule has 11 heavy (non-hydrogen) atoms. The zero-order chi connectivity index (χ0) is 7.68. The number of ether oxygens (including phenoxy) is 3. The average molecular weight is 157 g/mol. The normalized spacial score (nSPS) is 37.0. The molecule has 62 valence electrons. The Morgan fingerprint density at radius 1 is 1.36 bits per heavy atom. The molecule has 0 radical (unpaired) electrons. The van der Waals surface area contributed by atoms with Crippen molar-refractivity contribution in [2.45, 2.75) is 19.1 Å². The van der Waals surface area contributed by atoms with Crippen LogP contribution in [-0.2, 0) is 14.2 Å². The molecule has 0 N–H and O–H groups in total. The van der Waals surface area contributed by atoms with Gasteiger partial charge in [-0.05, 0) is 0 Å². The third kappa shape index (κ3) is 1.36. The molecule has 1 fully saturated rings. The molecule has 2 heterocycles. The van der Waals surface area contributed by atoms with E-state index in [9.17, 15) is 0 Å². The van der Waals surface area contributed by atoms with Crippen LogP contribution in [0.25, 0.3) is 0 Å². The first kappa shape index (κ1) is 7.06. The first-order valence-corrected chi connectivity index (χ1v) is 3.73. The van der Waals surface area contributed by atoms with E-state index in [2.05, 4.69) is 4.99 Å². The second-order valence-electron chi connectivity index (χ2n) is 2.73. The summed E-state index contributed by atoms with van der Waals surface area (Å²) in [5.41, 5.74) is 0. The van der Waals surface area contributed by atoms with E-state index in [4.69, 9.17) is 14.2 Å². The molecule has 0 aromatic heterocycles. The van der Waals surface area contributed by atoms with Crippen molar-refractivity contribution in [1.82, 2.24) is 0 Å². The number of rotatable bonds is 0. The highest BCUT2D eigenvalue weighted by Gasteiger charge is 2.31. The summed E-state index contributed by atoms with van der Waals surface area (Å²) in [5.74, 6) is 0.745. The molecule has 1 saturated heterocycles. The minimum Gasteiger partial charge on any atom is -0.473 e. The maximum absolute atomic E-state index is 5.39. The molecule has 0 aliphatic carbocycles. The SMILES string of the molecule is CC1=N[C@@H]2COCOC[C@@H]2O1. The van der Waals surface area contributed by atoms with Gasteiger partial charge < -0.3 is 14.2 Å². The van der Waals surface area contributed by atoms with Crippen molar-refractivity contribution in [3.63, 3.8) is 0 Å².